The first-order chi connectivity index (χ1) is 9.85. The maximum atomic E-state index is 3.50. The first-order valence-corrected chi connectivity index (χ1v) is 8.43. The molecule has 2 heterocycles. The van der Waals surface area contributed by atoms with Crippen molar-refractivity contribution < 1.29 is 0 Å². The molecule has 0 bridgehead atoms. The molecule has 0 aliphatic carbocycles. The van der Waals surface area contributed by atoms with Gasteiger partial charge in [-0.1, -0.05) is 31.9 Å². The molecule has 0 saturated carbocycles. The van der Waals surface area contributed by atoms with Gasteiger partial charge in [-0.2, -0.15) is 0 Å². The van der Waals surface area contributed by atoms with Crippen LogP contribution in [-0.4, -0.2) is 24.5 Å². The van der Waals surface area contributed by atoms with Crippen molar-refractivity contribution in [3.05, 3.63) is 29.3 Å². The molecule has 3 rings (SSSR count). The van der Waals surface area contributed by atoms with Crippen molar-refractivity contribution in [2.24, 2.45) is 5.92 Å². The number of hydrogen-bond acceptors (Lipinski definition) is 2. The molecule has 2 aliphatic rings. The van der Waals surface area contributed by atoms with Gasteiger partial charge in [-0.05, 0) is 61.9 Å². The standard InChI is InChI=1S/C18H28N2/c1-2-4-15-5-3-11-20(12-9-15)14-16-6-7-17-8-10-19-18(17)13-16/h6-7,13,15,19H,2-5,8-12,14H2,1H3. The lowest BCUT2D eigenvalue weighted by Gasteiger charge is -2.20. The van der Waals surface area contributed by atoms with Gasteiger partial charge in [0.2, 0.25) is 0 Å². The Bertz CT molecular complexity index is 441. The smallest absolute Gasteiger partial charge is 0.0376 e. The van der Waals surface area contributed by atoms with Crippen molar-refractivity contribution in [3.63, 3.8) is 0 Å². The summed E-state index contributed by atoms with van der Waals surface area (Å²) in [5.41, 5.74) is 4.35. The molecular formula is C18H28N2. The first-order valence-electron chi connectivity index (χ1n) is 8.43. The monoisotopic (exact) mass is 272 g/mol. The van der Waals surface area contributed by atoms with Crippen LogP contribution in [0.15, 0.2) is 18.2 Å². The van der Waals surface area contributed by atoms with Gasteiger partial charge in [0.25, 0.3) is 0 Å². The SMILES string of the molecule is CCCC1CCCN(Cc2ccc3c(c2)NCC3)CC1. The fraction of sp³-hybridized carbons (Fsp3) is 0.667. The van der Waals surface area contributed by atoms with Crippen LogP contribution in [0.1, 0.15) is 50.2 Å². The van der Waals surface area contributed by atoms with Crippen LogP contribution >= 0.6 is 0 Å². The summed E-state index contributed by atoms with van der Waals surface area (Å²) in [6.07, 6.45) is 8.19. The maximum Gasteiger partial charge on any atom is 0.0376 e. The number of fused-ring (bicyclic) bond motifs is 1. The highest BCUT2D eigenvalue weighted by Crippen LogP contribution is 2.26. The first kappa shape index (κ1) is 13.9. The van der Waals surface area contributed by atoms with Crippen LogP contribution in [0.4, 0.5) is 5.69 Å². The molecule has 1 aromatic carbocycles. The minimum Gasteiger partial charge on any atom is -0.384 e. The molecule has 0 spiro atoms. The fourth-order valence-corrected chi connectivity index (χ4v) is 3.77. The van der Waals surface area contributed by atoms with Crippen LogP contribution in [0.2, 0.25) is 0 Å². The predicted molar refractivity (Wildman–Crippen MR) is 86.2 cm³/mol. The van der Waals surface area contributed by atoms with Crippen LogP contribution in [0.25, 0.3) is 0 Å². The molecule has 1 N–H and O–H groups in total. The van der Waals surface area contributed by atoms with E-state index >= 15 is 0 Å². The van der Waals surface area contributed by atoms with Gasteiger partial charge in [-0.3, -0.25) is 4.90 Å². The average Bonchev–Trinajstić information content (AvgIpc) is 2.81. The molecule has 1 saturated heterocycles. The third-order valence-corrected chi connectivity index (χ3v) is 4.93. The van der Waals surface area contributed by atoms with Gasteiger partial charge in [0, 0.05) is 18.8 Å². The number of benzene rings is 1. The third-order valence-electron chi connectivity index (χ3n) is 4.93. The Hall–Kier alpha value is -1.02. The van der Waals surface area contributed by atoms with E-state index in [4.69, 9.17) is 0 Å². The third kappa shape index (κ3) is 3.35. The van der Waals surface area contributed by atoms with E-state index in [1.54, 1.807) is 0 Å². The van der Waals surface area contributed by atoms with Gasteiger partial charge in [0.05, 0.1) is 0 Å². The summed E-state index contributed by atoms with van der Waals surface area (Å²) in [5, 5.41) is 3.50. The van der Waals surface area contributed by atoms with E-state index < -0.39 is 0 Å². The topological polar surface area (TPSA) is 15.3 Å². The second-order valence-electron chi connectivity index (χ2n) is 6.53. The van der Waals surface area contributed by atoms with Crippen LogP contribution in [0.3, 0.4) is 0 Å². The molecule has 2 heteroatoms. The van der Waals surface area contributed by atoms with Crippen LogP contribution < -0.4 is 5.32 Å². The summed E-state index contributed by atoms with van der Waals surface area (Å²) >= 11 is 0. The molecule has 110 valence electrons. The van der Waals surface area contributed by atoms with E-state index in [9.17, 15) is 0 Å². The van der Waals surface area contributed by atoms with Crippen molar-refractivity contribution in [1.29, 1.82) is 0 Å². The highest BCUT2D eigenvalue weighted by molar-refractivity contribution is 5.56. The Morgan fingerprint density at radius 2 is 2.20 bits per heavy atom. The molecule has 2 aliphatic heterocycles. The molecule has 2 nitrogen and oxygen atoms in total. The minimum atomic E-state index is 0.978. The molecule has 1 fully saturated rings. The lowest BCUT2D eigenvalue weighted by Crippen LogP contribution is -2.24. The van der Waals surface area contributed by atoms with E-state index in [1.807, 2.05) is 0 Å². The van der Waals surface area contributed by atoms with Gasteiger partial charge in [0.1, 0.15) is 0 Å². The largest absolute Gasteiger partial charge is 0.384 e. The molecule has 0 amide bonds. The van der Waals surface area contributed by atoms with E-state index in [-0.39, 0.29) is 0 Å². The molecule has 20 heavy (non-hydrogen) atoms. The van der Waals surface area contributed by atoms with E-state index in [0.717, 1.165) is 19.0 Å². The van der Waals surface area contributed by atoms with Gasteiger partial charge < -0.3 is 5.32 Å². The zero-order valence-corrected chi connectivity index (χ0v) is 12.8. The molecular weight excluding hydrogens is 244 g/mol. The fourth-order valence-electron chi connectivity index (χ4n) is 3.77. The van der Waals surface area contributed by atoms with Crippen LogP contribution in [0.5, 0.6) is 0 Å². The van der Waals surface area contributed by atoms with Crippen molar-refractivity contribution in [2.75, 3.05) is 25.0 Å². The number of rotatable bonds is 4. The lowest BCUT2D eigenvalue weighted by atomic mass is 9.96. The highest BCUT2D eigenvalue weighted by Gasteiger charge is 2.17. The summed E-state index contributed by atoms with van der Waals surface area (Å²) in [5.74, 6) is 0.978. The second kappa shape index (κ2) is 6.62. The highest BCUT2D eigenvalue weighted by atomic mass is 15.1. The van der Waals surface area contributed by atoms with Crippen molar-refractivity contribution in [3.8, 4) is 0 Å². The van der Waals surface area contributed by atoms with Gasteiger partial charge in [-0.15, -0.1) is 0 Å². The molecule has 0 aromatic heterocycles. The van der Waals surface area contributed by atoms with Crippen LogP contribution in [-0.2, 0) is 13.0 Å². The van der Waals surface area contributed by atoms with E-state index in [0.29, 0.717) is 0 Å². The number of hydrogen-bond donors (Lipinski definition) is 1. The van der Waals surface area contributed by atoms with Crippen molar-refractivity contribution >= 4 is 5.69 Å². The minimum absolute atomic E-state index is 0.978. The molecule has 1 aromatic rings. The van der Waals surface area contributed by atoms with Gasteiger partial charge in [0.15, 0.2) is 0 Å². The maximum absolute atomic E-state index is 3.50. The van der Waals surface area contributed by atoms with Gasteiger partial charge in [-0.25, -0.2) is 0 Å². The Morgan fingerprint density at radius 3 is 3.10 bits per heavy atom. The van der Waals surface area contributed by atoms with E-state index in [1.165, 1.54) is 68.4 Å². The van der Waals surface area contributed by atoms with E-state index in [2.05, 4.69) is 35.3 Å². The summed E-state index contributed by atoms with van der Waals surface area (Å²) in [6.45, 7) is 7.13. The normalized spacial score (nSPS) is 23.1. The Balaban J connectivity index is 1.57. The number of anilines is 1. The van der Waals surface area contributed by atoms with Crippen molar-refractivity contribution in [2.45, 2.75) is 52.0 Å². The number of likely N-dealkylation sites (tertiary alicyclic amines) is 1. The average molecular weight is 272 g/mol. The zero-order valence-electron chi connectivity index (χ0n) is 12.8. The Kier molecular flexibility index (Phi) is 4.62. The summed E-state index contributed by atoms with van der Waals surface area (Å²) < 4.78 is 0. The molecule has 0 radical (unpaired) electrons. The predicted octanol–water partition coefficient (Wildman–Crippen LogP) is 4.06. The summed E-state index contributed by atoms with van der Waals surface area (Å²) in [4.78, 5) is 2.66. The summed E-state index contributed by atoms with van der Waals surface area (Å²) in [6, 6.07) is 7.03. The second-order valence-corrected chi connectivity index (χ2v) is 6.53. The Labute approximate surface area is 123 Å². The number of nitrogens with zero attached hydrogens (tertiary/aromatic N) is 1. The van der Waals surface area contributed by atoms with Crippen LogP contribution in [0, 0.1) is 5.92 Å². The van der Waals surface area contributed by atoms with Gasteiger partial charge >= 0.3 is 0 Å². The lowest BCUT2D eigenvalue weighted by molar-refractivity contribution is 0.271. The molecule has 1 unspecified atom stereocenters. The zero-order chi connectivity index (χ0) is 13.8. The Morgan fingerprint density at radius 1 is 1.25 bits per heavy atom. The summed E-state index contributed by atoms with van der Waals surface area (Å²) in [7, 11) is 0. The number of nitrogens with one attached hydrogen (secondary N) is 1. The molecule has 1 atom stereocenters. The quantitative estimate of drug-likeness (QED) is 0.889. The van der Waals surface area contributed by atoms with Crippen molar-refractivity contribution in [1.82, 2.24) is 4.90 Å².